The van der Waals surface area contributed by atoms with Crippen molar-refractivity contribution in [2.75, 3.05) is 17.7 Å². The summed E-state index contributed by atoms with van der Waals surface area (Å²) in [4.78, 5) is 17.6. The predicted octanol–water partition coefficient (Wildman–Crippen LogP) is 1.42. The van der Waals surface area contributed by atoms with E-state index in [1.54, 1.807) is 6.33 Å². The van der Waals surface area contributed by atoms with Gasteiger partial charge in [0.25, 0.3) is 0 Å². The van der Waals surface area contributed by atoms with Crippen LogP contribution in [0.25, 0.3) is 11.2 Å². The number of aromatic nitrogens is 4. The second-order valence-electron chi connectivity index (χ2n) is 4.60. The number of rotatable bonds is 3. The largest absolute Gasteiger partial charge is 0.368 e. The third-order valence-corrected chi connectivity index (χ3v) is 3.19. The summed E-state index contributed by atoms with van der Waals surface area (Å²) in [6.07, 6.45) is 1.61. The molecule has 2 rings (SSSR count). The predicted molar refractivity (Wildman–Crippen MR) is 68.8 cm³/mol. The first-order chi connectivity index (χ1) is 8.00. The number of fused-ring (bicyclic) bond motifs is 1. The number of nitrogens with one attached hydrogen (secondary N) is 1. The highest BCUT2D eigenvalue weighted by Crippen LogP contribution is 2.24. The molecule has 2 aromatic heterocycles. The number of imidazole rings is 1. The molecular weight excluding hydrogens is 216 g/mol. The normalized spacial score (nSPS) is 13.2. The van der Waals surface area contributed by atoms with E-state index in [0.717, 1.165) is 11.3 Å². The van der Waals surface area contributed by atoms with Gasteiger partial charge in [0.05, 0.1) is 6.33 Å². The van der Waals surface area contributed by atoms with Crippen molar-refractivity contribution in [2.45, 2.75) is 26.8 Å². The molecule has 2 aromatic rings. The van der Waals surface area contributed by atoms with Gasteiger partial charge >= 0.3 is 0 Å². The number of hydrogen-bond acceptors (Lipinski definition) is 5. The Labute approximate surface area is 100 Å². The van der Waals surface area contributed by atoms with Crippen molar-refractivity contribution >= 4 is 22.9 Å². The van der Waals surface area contributed by atoms with E-state index >= 15 is 0 Å². The maximum absolute atomic E-state index is 5.70. The third kappa shape index (κ3) is 2.02. The van der Waals surface area contributed by atoms with E-state index in [0.29, 0.717) is 17.6 Å². The van der Waals surface area contributed by atoms with Gasteiger partial charge in [0.2, 0.25) is 5.95 Å². The van der Waals surface area contributed by atoms with Crippen molar-refractivity contribution in [3.8, 4) is 0 Å². The van der Waals surface area contributed by atoms with Crippen LogP contribution in [0, 0.1) is 5.92 Å². The molecule has 2 heterocycles. The van der Waals surface area contributed by atoms with Crippen LogP contribution in [0.3, 0.4) is 0 Å². The van der Waals surface area contributed by atoms with Crippen LogP contribution in [0.5, 0.6) is 0 Å². The summed E-state index contributed by atoms with van der Waals surface area (Å²) in [5, 5.41) is 0. The molecule has 6 heteroatoms. The van der Waals surface area contributed by atoms with E-state index < -0.39 is 0 Å². The minimum atomic E-state index is 0.252. The number of nitrogens with two attached hydrogens (primary N) is 1. The topological polar surface area (TPSA) is 83.7 Å². The van der Waals surface area contributed by atoms with Crippen LogP contribution < -0.4 is 10.6 Å². The van der Waals surface area contributed by atoms with Crippen molar-refractivity contribution in [1.29, 1.82) is 0 Å². The van der Waals surface area contributed by atoms with Gasteiger partial charge in [-0.25, -0.2) is 4.98 Å². The van der Waals surface area contributed by atoms with Crippen molar-refractivity contribution in [3.63, 3.8) is 0 Å². The van der Waals surface area contributed by atoms with Crippen molar-refractivity contribution in [2.24, 2.45) is 5.92 Å². The fourth-order valence-electron chi connectivity index (χ4n) is 1.73. The summed E-state index contributed by atoms with van der Waals surface area (Å²) in [6, 6.07) is 0.357. The minimum Gasteiger partial charge on any atom is -0.368 e. The van der Waals surface area contributed by atoms with Gasteiger partial charge in [0.1, 0.15) is 5.52 Å². The smallest absolute Gasteiger partial charge is 0.224 e. The lowest BCUT2D eigenvalue weighted by atomic mass is 10.1. The van der Waals surface area contributed by atoms with Gasteiger partial charge in [0.15, 0.2) is 11.5 Å². The van der Waals surface area contributed by atoms with Gasteiger partial charge in [-0.3, -0.25) is 0 Å². The number of H-pyrrole nitrogens is 1. The van der Waals surface area contributed by atoms with Crippen molar-refractivity contribution in [3.05, 3.63) is 6.33 Å². The number of nitrogen functional groups attached to an aromatic ring is 1. The molecule has 1 atom stereocenters. The van der Waals surface area contributed by atoms with Crippen molar-refractivity contribution in [1.82, 2.24) is 19.9 Å². The molecule has 6 nitrogen and oxygen atoms in total. The van der Waals surface area contributed by atoms with Gasteiger partial charge < -0.3 is 15.6 Å². The Morgan fingerprint density at radius 1 is 1.29 bits per heavy atom. The minimum absolute atomic E-state index is 0.252. The van der Waals surface area contributed by atoms with Crippen LogP contribution in [0.4, 0.5) is 11.8 Å². The first-order valence-corrected chi connectivity index (χ1v) is 5.70. The van der Waals surface area contributed by atoms with Crippen LogP contribution in [-0.2, 0) is 0 Å². The highest BCUT2D eigenvalue weighted by Gasteiger charge is 2.19. The maximum Gasteiger partial charge on any atom is 0.224 e. The fraction of sp³-hybridized carbons (Fsp3) is 0.545. The Morgan fingerprint density at radius 2 is 2.00 bits per heavy atom. The van der Waals surface area contributed by atoms with Gasteiger partial charge in [0, 0.05) is 13.1 Å². The zero-order chi connectivity index (χ0) is 12.6. The number of anilines is 2. The van der Waals surface area contributed by atoms with Crippen LogP contribution in [-0.4, -0.2) is 33.0 Å². The zero-order valence-electron chi connectivity index (χ0n) is 10.6. The van der Waals surface area contributed by atoms with E-state index in [2.05, 4.69) is 45.6 Å². The highest BCUT2D eigenvalue weighted by atomic mass is 15.2. The summed E-state index contributed by atoms with van der Waals surface area (Å²) in [6.45, 7) is 6.51. The molecule has 0 bridgehead atoms. The fourth-order valence-corrected chi connectivity index (χ4v) is 1.73. The molecule has 92 valence electrons. The average Bonchev–Trinajstić information content (AvgIpc) is 2.73. The van der Waals surface area contributed by atoms with Gasteiger partial charge in [-0.2, -0.15) is 9.97 Å². The number of aromatic amines is 1. The lowest BCUT2D eigenvalue weighted by molar-refractivity contribution is 0.503. The van der Waals surface area contributed by atoms with Gasteiger partial charge in [-0.1, -0.05) is 13.8 Å². The summed E-state index contributed by atoms with van der Waals surface area (Å²) in [7, 11) is 2.01. The first-order valence-electron chi connectivity index (χ1n) is 5.70. The maximum atomic E-state index is 5.70. The molecule has 0 radical (unpaired) electrons. The lowest BCUT2D eigenvalue weighted by Crippen LogP contribution is -2.34. The molecule has 0 aliphatic rings. The number of hydrogen-bond donors (Lipinski definition) is 2. The molecule has 0 aliphatic carbocycles. The van der Waals surface area contributed by atoms with E-state index in [4.69, 9.17) is 5.73 Å². The van der Waals surface area contributed by atoms with E-state index in [-0.39, 0.29) is 5.95 Å². The van der Waals surface area contributed by atoms with E-state index in [1.165, 1.54) is 0 Å². The molecule has 0 saturated carbocycles. The first kappa shape index (κ1) is 11.6. The lowest BCUT2D eigenvalue weighted by Gasteiger charge is -2.29. The SMILES string of the molecule is CC(C)C(C)N(C)c1nc(N)nc2nc[nH]c12. The van der Waals surface area contributed by atoms with Crippen LogP contribution in [0.2, 0.25) is 0 Å². The third-order valence-electron chi connectivity index (χ3n) is 3.19. The van der Waals surface area contributed by atoms with Crippen LogP contribution >= 0.6 is 0 Å². The Balaban J connectivity index is 2.50. The van der Waals surface area contributed by atoms with Gasteiger partial charge in [-0.15, -0.1) is 0 Å². The molecule has 17 heavy (non-hydrogen) atoms. The molecule has 0 aliphatic heterocycles. The summed E-state index contributed by atoms with van der Waals surface area (Å²) in [5.41, 5.74) is 7.13. The Bertz CT molecular complexity index is 518. The molecule has 0 amide bonds. The van der Waals surface area contributed by atoms with Crippen molar-refractivity contribution < 1.29 is 0 Å². The standard InChI is InChI=1S/C11H18N6/c1-6(2)7(3)17(4)10-8-9(14-5-13-8)15-11(12)16-10/h5-7H,1-4H3,(H3,12,13,14,15,16). The average molecular weight is 234 g/mol. The zero-order valence-corrected chi connectivity index (χ0v) is 10.6. The molecular formula is C11H18N6. The molecule has 0 saturated heterocycles. The highest BCUT2D eigenvalue weighted by molar-refractivity contribution is 5.84. The summed E-state index contributed by atoms with van der Waals surface area (Å²) in [5.74, 6) is 1.57. The quantitative estimate of drug-likeness (QED) is 0.839. The second-order valence-corrected chi connectivity index (χ2v) is 4.60. The van der Waals surface area contributed by atoms with Gasteiger partial charge in [-0.05, 0) is 12.8 Å². The Hall–Kier alpha value is -1.85. The molecule has 3 N–H and O–H groups in total. The summed E-state index contributed by atoms with van der Waals surface area (Å²) < 4.78 is 0. The van der Waals surface area contributed by atoms with Crippen LogP contribution in [0.1, 0.15) is 20.8 Å². The van der Waals surface area contributed by atoms with E-state index in [1.807, 2.05) is 7.05 Å². The molecule has 0 fully saturated rings. The Morgan fingerprint density at radius 3 is 2.65 bits per heavy atom. The summed E-state index contributed by atoms with van der Waals surface area (Å²) >= 11 is 0. The molecule has 0 spiro atoms. The second kappa shape index (κ2) is 4.20. The molecule has 1 unspecified atom stereocenters. The monoisotopic (exact) mass is 234 g/mol. The number of nitrogens with zero attached hydrogens (tertiary/aromatic N) is 4. The molecule has 0 aromatic carbocycles. The van der Waals surface area contributed by atoms with E-state index in [9.17, 15) is 0 Å². The van der Waals surface area contributed by atoms with Crippen LogP contribution in [0.15, 0.2) is 6.33 Å². The Kier molecular flexibility index (Phi) is 2.87.